The Morgan fingerprint density at radius 2 is 2.26 bits per heavy atom. The zero-order valence-corrected chi connectivity index (χ0v) is 13.7. The second-order valence-corrected chi connectivity index (χ2v) is 6.78. The highest BCUT2D eigenvalue weighted by atomic mass is 19.1. The molecule has 0 radical (unpaired) electrons. The maximum absolute atomic E-state index is 13.2. The summed E-state index contributed by atoms with van der Waals surface area (Å²) in [6, 6.07) is 6.30. The number of nitrogens with one attached hydrogen (secondary N) is 1. The lowest BCUT2D eigenvalue weighted by Crippen LogP contribution is -2.40. The van der Waals surface area contributed by atoms with E-state index in [9.17, 15) is 9.18 Å². The van der Waals surface area contributed by atoms with Crippen LogP contribution in [-0.4, -0.2) is 35.7 Å². The average Bonchev–Trinajstić information content (AvgIpc) is 2.85. The molecule has 1 N–H and O–H groups in total. The summed E-state index contributed by atoms with van der Waals surface area (Å²) in [5.74, 6) is -0.406. The highest BCUT2D eigenvalue weighted by molar-refractivity contribution is 5.68. The van der Waals surface area contributed by atoms with Crippen LogP contribution in [0, 0.1) is 17.1 Å². The third kappa shape index (κ3) is 5.22. The topological polar surface area (TPSA) is 65.4 Å². The summed E-state index contributed by atoms with van der Waals surface area (Å²) in [4.78, 5) is 13.9. The first-order chi connectivity index (χ1) is 10.8. The molecule has 1 amide bonds. The largest absolute Gasteiger partial charge is 0.444 e. The van der Waals surface area contributed by atoms with Crippen LogP contribution in [0.4, 0.5) is 9.18 Å². The van der Waals surface area contributed by atoms with Gasteiger partial charge in [-0.1, -0.05) is 6.07 Å². The Bertz CT molecular complexity index is 619. The van der Waals surface area contributed by atoms with E-state index in [1.807, 2.05) is 26.8 Å². The molecule has 0 aromatic heterocycles. The Hall–Kier alpha value is -2.13. The minimum absolute atomic E-state index is 0.0239. The van der Waals surface area contributed by atoms with Gasteiger partial charge in [0, 0.05) is 25.7 Å². The first-order valence-electron chi connectivity index (χ1n) is 7.67. The van der Waals surface area contributed by atoms with Gasteiger partial charge in [-0.2, -0.15) is 5.26 Å². The number of hydrogen-bond donors (Lipinski definition) is 1. The fraction of sp³-hybridized carbons (Fsp3) is 0.529. The van der Waals surface area contributed by atoms with E-state index >= 15 is 0 Å². The fourth-order valence-corrected chi connectivity index (χ4v) is 2.60. The third-order valence-electron chi connectivity index (χ3n) is 3.58. The van der Waals surface area contributed by atoms with E-state index in [2.05, 4.69) is 10.2 Å². The van der Waals surface area contributed by atoms with Crippen LogP contribution < -0.4 is 5.32 Å². The van der Waals surface area contributed by atoms with Crippen molar-refractivity contribution < 1.29 is 13.9 Å². The molecule has 1 atom stereocenters. The van der Waals surface area contributed by atoms with Crippen LogP contribution in [0.5, 0.6) is 0 Å². The standard InChI is InChI=1S/C17H22FN3O2/c1-17(2,3)23-16(22)20-15-6-7-21(11-15)10-12-4-5-14(18)8-13(12)9-19/h4-5,8,15H,6-7,10-11H2,1-3H3,(H,20,22). The van der Waals surface area contributed by atoms with Crippen LogP contribution in [-0.2, 0) is 11.3 Å². The quantitative estimate of drug-likeness (QED) is 0.930. The summed E-state index contributed by atoms with van der Waals surface area (Å²) in [6.45, 7) is 7.53. The predicted octanol–water partition coefficient (Wildman–Crippen LogP) is 2.80. The van der Waals surface area contributed by atoms with E-state index in [4.69, 9.17) is 10.00 Å². The van der Waals surface area contributed by atoms with Crippen molar-refractivity contribution in [1.82, 2.24) is 10.2 Å². The van der Waals surface area contributed by atoms with Crippen molar-refractivity contribution in [2.45, 2.75) is 45.4 Å². The number of nitriles is 1. The highest BCUT2D eigenvalue weighted by Gasteiger charge is 2.26. The van der Waals surface area contributed by atoms with Crippen LogP contribution in [0.3, 0.4) is 0 Å². The van der Waals surface area contributed by atoms with Crippen molar-refractivity contribution in [2.24, 2.45) is 0 Å². The molecule has 124 valence electrons. The summed E-state index contributed by atoms with van der Waals surface area (Å²) in [6.07, 6.45) is 0.409. The van der Waals surface area contributed by atoms with Gasteiger partial charge in [0.05, 0.1) is 11.6 Å². The summed E-state index contributed by atoms with van der Waals surface area (Å²) < 4.78 is 18.4. The van der Waals surface area contributed by atoms with E-state index in [1.54, 1.807) is 6.07 Å². The Kier molecular flexibility index (Phi) is 5.22. The van der Waals surface area contributed by atoms with Gasteiger partial charge in [0.2, 0.25) is 0 Å². The van der Waals surface area contributed by atoms with Gasteiger partial charge >= 0.3 is 6.09 Å². The van der Waals surface area contributed by atoms with Crippen molar-refractivity contribution in [3.8, 4) is 6.07 Å². The van der Waals surface area contributed by atoms with Crippen molar-refractivity contribution in [2.75, 3.05) is 13.1 Å². The lowest BCUT2D eigenvalue weighted by Gasteiger charge is -2.22. The molecular weight excluding hydrogens is 297 g/mol. The zero-order valence-electron chi connectivity index (χ0n) is 13.7. The summed E-state index contributed by atoms with van der Waals surface area (Å²) in [5.41, 5.74) is 0.637. The number of rotatable bonds is 3. The highest BCUT2D eigenvalue weighted by Crippen LogP contribution is 2.17. The van der Waals surface area contributed by atoms with Gasteiger partial charge in [-0.3, -0.25) is 4.90 Å². The van der Waals surface area contributed by atoms with Crippen molar-refractivity contribution >= 4 is 6.09 Å². The van der Waals surface area contributed by atoms with Crippen molar-refractivity contribution in [1.29, 1.82) is 5.26 Å². The zero-order chi connectivity index (χ0) is 17.0. The number of ether oxygens (including phenoxy) is 1. The van der Waals surface area contributed by atoms with Gasteiger partial charge in [0.15, 0.2) is 0 Å². The number of benzene rings is 1. The van der Waals surface area contributed by atoms with Crippen molar-refractivity contribution in [3.63, 3.8) is 0 Å². The van der Waals surface area contributed by atoms with Crippen LogP contribution in [0.25, 0.3) is 0 Å². The molecule has 5 nitrogen and oxygen atoms in total. The lowest BCUT2D eigenvalue weighted by molar-refractivity contribution is 0.0505. The number of nitrogens with zero attached hydrogens (tertiary/aromatic N) is 2. The van der Waals surface area contributed by atoms with Gasteiger partial charge in [0.25, 0.3) is 0 Å². The molecule has 1 unspecified atom stereocenters. The van der Waals surface area contributed by atoms with Gasteiger partial charge in [0.1, 0.15) is 11.4 Å². The van der Waals surface area contributed by atoms with Gasteiger partial charge in [-0.25, -0.2) is 9.18 Å². The predicted molar refractivity (Wildman–Crippen MR) is 84.2 cm³/mol. The Morgan fingerprint density at radius 1 is 1.52 bits per heavy atom. The number of carbonyl (C=O) groups is 1. The third-order valence-corrected chi connectivity index (χ3v) is 3.58. The van der Waals surface area contributed by atoms with E-state index in [1.165, 1.54) is 12.1 Å². The molecule has 2 rings (SSSR count). The molecule has 1 saturated heterocycles. The number of amides is 1. The Labute approximate surface area is 136 Å². The molecule has 0 spiro atoms. The molecular formula is C17H22FN3O2. The maximum Gasteiger partial charge on any atom is 0.407 e. The normalized spacial score (nSPS) is 18.5. The van der Waals surface area contributed by atoms with E-state index in [-0.39, 0.29) is 6.04 Å². The molecule has 1 heterocycles. The smallest absolute Gasteiger partial charge is 0.407 e. The minimum Gasteiger partial charge on any atom is -0.444 e. The maximum atomic E-state index is 13.2. The number of halogens is 1. The van der Waals surface area contributed by atoms with E-state index in [0.29, 0.717) is 18.7 Å². The summed E-state index contributed by atoms with van der Waals surface area (Å²) in [7, 11) is 0. The van der Waals surface area contributed by atoms with Crippen LogP contribution in [0.1, 0.15) is 38.3 Å². The molecule has 1 fully saturated rings. The molecule has 1 aromatic carbocycles. The monoisotopic (exact) mass is 319 g/mol. The molecule has 0 bridgehead atoms. The number of alkyl carbamates (subject to hydrolysis) is 1. The SMILES string of the molecule is CC(C)(C)OC(=O)NC1CCN(Cc2ccc(F)cc2C#N)C1. The number of hydrogen-bond acceptors (Lipinski definition) is 4. The van der Waals surface area contributed by atoms with Gasteiger partial charge in [-0.15, -0.1) is 0 Å². The molecule has 1 aliphatic heterocycles. The van der Waals surface area contributed by atoms with E-state index < -0.39 is 17.5 Å². The van der Waals surface area contributed by atoms with Gasteiger partial charge in [-0.05, 0) is 44.9 Å². The molecule has 6 heteroatoms. The van der Waals surface area contributed by atoms with Crippen LogP contribution in [0.15, 0.2) is 18.2 Å². The van der Waals surface area contributed by atoms with Crippen LogP contribution >= 0.6 is 0 Å². The van der Waals surface area contributed by atoms with Crippen molar-refractivity contribution in [3.05, 3.63) is 35.1 Å². The molecule has 1 aromatic rings. The van der Waals surface area contributed by atoms with Gasteiger partial charge < -0.3 is 10.1 Å². The lowest BCUT2D eigenvalue weighted by atomic mass is 10.1. The van der Waals surface area contributed by atoms with E-state index in [0.717, 1.165) is 18.5 Å². The second-order valence-electron chi connectivity index (χ2n) is 6.78. The second kappa shape index (κ2) is 6.97. The fourth-order valence-electron chi connectivity index (χ4n) is 2.60. The summed E-state index contributed by atoms with van der Waals surface area (Å²) >= 11 is 0. The molecule has 0 aliphatic carbocycles. The Balaban J connectivity index is 1.89. The average molecular weight is 319 g/mol. The first kappa shape index (κ1) is 17.2. The number of likely N-dealkylation sites (tertiary alicyclic amines) is 1. The minimum atomic E-state index is -0.516. The molecule has 1 aliphatic rings. The molecule has 0 saturated carbocycles. The number of carbonyl (C=O) groups excluding carboxylic acids is 1. The molecule has 23 heavy (non-hydrogen) atoms. The Morgan fingerprint density at radius 3 is 2.91 bits per heavy atom. The summed E-state index contributed by atoms with van der Waals surface area (Å²) in [5, 5.41) is 11.9. The van der Waals surface area contributed by atoms with Crippen LogP contribution in [0.2, 0.25) is 0 Å². The first-order valence-corrected chi connectivity index (χ1v) is 7.67.